The van der Waals surface area contributed by atoms with E-state index in [9.17, 15) is 18.5 Å². The van der Waals surface area contributed by atoms with Crippen LogP contribution in [0.3, 0.4) is 0 Å². The van der Waals surface area contributed by atoms with Crippen molar-refractivity contribution in [2.24, 2.45) is 5.92 Å². The fourth-order valence-electron chi connectivity index (χ4n) is 2.50. The number of aromatic nitrogens is 2. The van der Waals surface area contributed by atoms with E-state index in [4.69, 9.17) is 0 Å². The molecular weight excluding hydrogens is 308 g/mol. The van der Waals surface area contributed by atoms with Crippen LogP contribution in [0, 0.1) is 16.0 Å². The first-order valence-corrected chi connectivity index (χ1v) is 8.45. The fraction of sp³-hybridized carbons (Fsp3) is 0.385. The minimum absolute atomic E-state index is 0.0349. The van der Waals surface area contributed by atoms with Crippen molar-refractivity contribution in [1.29, 1.82) is 0 Å². The molecule has 1 aromatic carbocycles. The fourth-order valence-corrected chi connectivity index (χ4v) is 4.02. The minimum atomic E-state index is -3.51. The molecule has 1 atom stereocenters. The van der Waals surface area contributed by atoms with E-state index < -0.39 is 14.8 Å². The van der Waals surface area contributed by atoms with Crippen LogP contribution in [0.4, 0.5) is 5.69 Å². The van der Waals surface area contributed by atoms with Gasteiger partial charge in [-0.15, -0.1) is 0 Å². The number of nitrogens with one attached hydrogen (secondary N) is 1. The Labute approximate surface area is 126 Å². The van der Waals surface area contributed by atoms with Gasteiger partial charge in [0.25, 0.3) is 5.69 Å². The van der Waals surface area contributed by atoms with Gasteiger partial charge in [-0.3, -0.25) is 15.1 Å². The van der Waals surface area contributed by atoms with Crippen molar-refractivity contribution in [1.82, 2.24) is 15.3 Å². The number of nitro groups is 1. The highest BCUT2D eigenvalue weighted by Gasteiger charge is 2.25. The Hall–Kier alpha value is -2.13. The van der Waals surface area contributed by atoms with Crippen molar-refractivity contribution in [2.75, 3.05) is 18.8 Å². The first-order valence-electron chi connectivity index (χ1n) is 6.80. The molecule has 0 radical (unpaired) electrons. The van der Waals surface area contributed by atoms with Crippen LogP contribution in [-0.2, 0) is 9.84 Å². The van der Waals surface area contributed by atoms with Gasteiger partial charge in [0.15, 0.2) is 14.9 Å². The summed E-state index contributed by atoms with van der Waals surface area (Å²) < 4.78 is 24.7. The average molecular weight is 322 g/mol. The lowest BCUT2D eigenvalue weighted by Gasteiger charge is -2.09. The first kappa shape index (κ1) is 14.8. The van der Waals surface area contributed by atoms with Crippen LogP contribution < -0.4 is 5.32 Å². The van der Waals surface area contributed by atoms with E-state index in [2.05, 4.69) is 15.3 Å². The van der Waals surface area contributed by atoms with Crippen LogP contribution in [0.5, 0.6) is 0 Å². The van der Waals surface area contributed by atoms with E-state index in [0.29, 0.717) is 17.6 Å². The summed E-state index contributed by atoms with van der Waals surface area (Å²) >= 11 is 0. The molecule has 0 amide bonds. The molecule has 2 aromatic rings. The van der Waals surface area contributed by atoms with Crippen LogP contribution in [-0.4, -0.2) is 42.2 Å². The molecule has 1 fully saturated rings. The highest BCUT2D eigenvalue weighted by Crippen LogP contribution is 2.21. The Kier molecular flexibility index (Phi) is 3.75. The maximum absolute atomic E-state index is 12.4. The van der Waals surface area contributed by atoms with Gasteiger partial charge in [0.05, 0.1) is 27.9 Å². The van der Waals surface area contributed by atoms with Crippen LogP contribution >= 0.6 is 0 Å². The van der Waals surface area contributed by atoms with Crippen LogP contribution in [0.15, 0.2) is 29.4 Å². The van der Waals surface area contributed by atoms with E-state index in [0.717, 1.165) is 13.0 Å². The molecule has 0 bridgehead atoms. The highest BCUT2D eigenvalue weighted by atomic mass is 32.2. The number of rotatable bonds is 4. The summed E-state index contributed by atoms with van der Waals surface area (Å²) in [5.74, 6) is 0.118. The quantitative estimate of drug-likeness (QED) is 0.657. The second kappa shape index (κ2) is 5.58. The van der Waals surface area contributed by atoms with Crippen molar-refractivity contribution in [3.8, 4) is 0 Å². The summed E-state index contributed by atoms with van der Waals surface area (Å²) in [4.78, 5) is 18.3. The second-order valence-corrected chi connectivity index (χ2v) is 7.26. The minimum Gasteiger partial charge on any atom is -0.316 e. The van der Waals surface area contributed by atoms with Crippen molar-refractivity contribution < 1.29 is 13.3 Å². The van der Waals surface area contributed by atoms with Crippen LogP contribution in [0.2, 0.25) is 0 Å². The SMILES string of the molecule is O=[N+]([O-])c1ccc2nc(S(=O)(=O)C[C@@H]3CCNC3)cnc2c1. The van der Waals surface area contributed by atoms with Gasteiger partial charge in [0, 0.05) is 12.1 Å². The lowest BCUT2D eigenvalue weighted by Crippen LogP contribution is -2.19. The number of sulfone groups is 1. The standard InChI is InChI=1S/C13H14N4O4S/c18-17(19)10-1-2-11-12(5-10)15-7-13(16-11)22(20,21)8-9-3-4-14-6-9/h1-2,5,7,9,14H,3-4,6,8H2/t9-/m1/s1. The smallest absolute Gasteiger partial charge is 0.271 e. The predicted octanol–water partition coefficient (Wildman–Crippen LogP) is 0.921. The zero-order valence-electron chi connectivity index (χ0n) is 11.6. The molecule has 9 heteroatoms. The maximum atomic E-state index is 12.4. The van der Waals surface area contributed by atoms with E-state index in [1.165, 1.54) is 24.4 Å². The zero-order valence-corrected chi connectivity index (χ0v) is 12.4. The van der Waals surface area contributed by atoms with E-state index >= 15 is 0 Å². The van der Waals surface area contributed by atoms with Gasteiger partial charge in [-0.25, -0.2) is 13.4 Å². The van der Waals surface area contributed by atoms with Crippen molar-refractivity contribution in [3.05, 3.63) is 34.5 Å². The van der Waals surface area contributed by atoms with Gasteiger partial charge in [-0.1, -0.05) is 0 Å². The summed E-state index contributed by atoms with van der Waals surface area (Å²) in [7, 11) is -3.51. The Bertz CT molecular complexity index is 831. The molecule has 1 aliphatic heterocycles. The molecule has 3 rings (SSSR count). The summed E-state index contributed by atoms with van der Waals surface area (Å²) in [6.07, 6.45) is 2.00. The lowest BCUT2D eigenvalue weighted by atomic mass is 10.2. The van der Waals surface area contributed by atoms with Gasteiger partial charge >= 0.3 is 0 Å². The number of fused-ring (bicyclic) bond motifs is 1. The molecule has 22 heavy (non-hydrogen) atoms. The Balaban J connectivity index is 1.94. The Morgan fingerprint density at radius 3 is 2.86 bits per heavy atom. The third kappa shape index (κ3) is 2.90. The Morgan fingerprint density at radius 2 is 2.18 bits per heavy atom. The molecule has 1 saturated heterocycles. The van der Waals surface area contributed by atoms with Crippen LogP contribution in [0.25, 0.3) is 11.0 Å². The largest absolute Gasteiger partial charge is 0.316 e. The van der Waals surface area contributed by atoms with E-state index in [1.54, 1.807) is 0 Å². The van der Waals surface area contributed by atoms with Crippen molar-refractivity contribution >= 4 is 26.6 Å². The van der Waals surface area contributed by atoms with E-state index in [1.807, 2.05) is 0 Å². The number of non-ortho nitro benzene ring substituents is 1. The average Bonchev–Trinajstić information content (AvgIpc) is 2.98. The summed E-state index contributed by atoms with van der Waals surface area (Å²) in [6.45, 7) is 1.51. The Morgan fingerprint density at radius 1 is 1.36 bits per heavy atom. The van der Waals surface area contributed by atoms with Crippen molar-refractivity contribution in [2.45, 2.75) is 11.4 Å². The monoisotopic (exact) mass is 322 g/mol. The molecule has 0 unspecified atom stereocenters. The van der Waals surface area contributed by atoms with E-state index in [-0.39, 0.29) is 22.4 Å². The first-order chi connectivity index (χ1) is 10.5. The summed E-state index contributed by atoms with van der Waals surface area (Å²) in [5.41, 5.74) is 0.529. The summed E-state index contributed by atoms with van der Waals surface area (Å²) in [5, 5.41) is 13.8. The number of hydrogen-bond donors (Lipinski definition) is 1. The third-order valence-corrected chi connectivity index (χ3v) is 5.39. The molecule has 0 spiro atoms. The molecule has 1 aliphatic rings. The van der Waals surface area contributed by atoms with Gasteiger partial charge in [-0.2, -0.15) is 0 Å². The summed E-state index contributed by atoms with van der Waals surface area (Å²) in [6, 6.07) is 3.98. The van der Waals surface area contributed by atoms with Gasteiger partial charge in [-0.05, 0) is 31.5 Å². The zero-order chi connectivity index (χ0) is 15.7. The molecule has 1 aromatic heterocycles. The third-order valence-electron chi connectivity index (χ3n) is 3.65. The number of nitro benzene ring substituents is 1. The number of hydrogen-bond acceptors (Lipinski definition) is 7. The number of benzene rings is 1. The highest BCUT2D eigenvalue weighted by molar-refractivity contribution is 7.91. The molecule has 1 N–H and O–H groups in total. The van der Waals surface area contributed by atoms with Crippen LogP contribution in [0.1, 0.15) is 6.42 Å². The molecular formula is C13H14N4O4S. The predicted molar refractivity (Wildman–Crippen MR) is 79.2 cm³/mol. The second-order valence-electron chi connectivity index (χ2n) is 5.28. The topological polar surface area (TPSA) is 115 Å². The molecule has 0 saturated carbocycles. The maximum Gasteiger partial charge on any atom is 0.271 e. The van der Waals surface area contributed by atoms with Gasteiger partial charge < -0.3 is 5.32 Å². The molecule has 116 valence electrons. The molecule has 0 aliphatic carbocycles. The van der Waals surface area contributed by atoms with Crippen molar-refractivity contribution in [3.63, 3.8) is 0 Å². The lowest BCUT2D eigenvalue weighted by molar-refractivity contribution is -0.384. The van der Waals surface area contributed by atoms with Gasteiger partial charge in [0.1, 0.15) is 0 Å². The number of nitrogens with zero attached hydrogens (tertiary/aromatic N) is 3. The molecule has 8 nitrogen and oxygen atoms in total. The van der Waals surface area contributed by atoms with Gasteiger partial charge in [0.2, 0.25) is 0 Å². The molecule has 2 heterocycles. The normalized spacial score (nSPS) is 18.6.